The number of carbonyl (C=O) groups is 2. The standard InChI is InChI=1S/C24H29F2N3O2/c1-28(2)15-14-21(16-4-8-18(25)9-5-16)27-24(31)20-12-13-22(30)29(3)23(20)17-6-10-19(26)11-7-17/h4-11,20-21,23H,12-15H2,1-3H3,(H,27,31). The van der Waals surface area contributed by atoms with Gasteiger partial charge in [-0.05, 0) is 68.9 Å². The second kappa shape index (κ2) is 10.0. The van der Waals surface area contributed by atoms with Gasteiger partial charge in [-0.25, -0.2) is 8.78 Å². The summed E-state index contributed by atoms with van der Waals surface area (Å²) >= 11 is 0. The minimum Gasteiger partial charge on any atom is -0.349 e. The van der Waals surface area contributed by atoms with Crippen LogP contribution in [-0.2, 0) is 9.59 Å². The number of rotatable bonds is 7. The van der Waals surface area contributed by atoms with Crippen molar-refractivity contribution >= 4 is 11.8 Å². The van der Waals surface area contributed by atoms with Crippen molar-refractivity contribution in [2.75, 3.05) is 27.7 Å². The van der Waals surface area contributed by atoms with E-state index in [-0.39, 0.29) is 35.9 Å². The van der Waals surface area contributed by atoms with E-state index in [9.17, 15) is 18.4 Å². The van der Waals surface area contributed by atoms with Crippen LogP contribution in [0.25, 0.3) is 0 Å². The molecule has 1 aliphatic rings. The van der Waals surface area contributed by atoms with Crippen LogP contribution in [0.15, 0.2) is 48.5 Å². The largest absolute Gasteiger partial charge is 0.349 e. The fraction of sp³-hybridized carbons (Fsp3) is 0.417. The Morgan fingerprint density at radius 1 is 1.10 bits per heavy atom. The molecule has 2 aromatic carbocycles. The van der Waals surface area contributed by atoms with E-state index in [1.54, 1.807) is 36.2 Å². The van der Waals surface area contributed by atoms with Crippen LogP contribution in [0, 0.1) is 17.6 Å². The van der Waals surface area contributed by atoms with Gasteiger partial charge in [0.05, 0.1) is 18.0 Å². The SMILES string of the molecule is CN(C)CCC(NC(=O)C1CCC(=O)N(C)C1c1ccc(F)cc1)c1ccc(F)cc1. The Bertz CT molecular complexity index is 900. The summed E-state index contributed by atoms with van der Waals surface area (Å²) in [5.41, 5.74) is 1.55. The highest BCUT2D eigenvalue weighted by molar-refractivity contribution is 5.85. The second-order valence-corrected chi connectivity index (χ2v) is 8.35. The van der Waals surface area contributed by atoms with E-state index in [0.29, 0.717) is 12.8 Å². The maximum absolute atomic E-state index is 13.4. The van der Waals surface area contributed by atoms with Crippen molar-refractivity contribution in [3.63, 3.8) is 0 Å². The summed E-state index contributed by atoms with van der Waals surface area (Å²) in [5.74, 6) is -1.36. The lowest BCUT2D eigenvalue weighted by atomic mass is 9.83. The average molecular weight is 430 g/mol. The number of benzene rings is 2. The Labute approximate surface area is 182 Å². The molecule has 0 radical (unpaired) electrons. The highest BCUT2D eigenvalue weighted by Crippen LogP contribution is 2.36. The molecule has 3 unspecified atom stereocenters. The summed E-state index contributed by atoms with van der Waals surface area (Å²) in [6.45, 7) is 0.743. The van der Waals surface area contributed by atoms with Gasteiger partial charge in [0.25, 0.3) is 0 Å². The van der Waals surface area contributed by atoms with Gasteiger partial charge in [-0.3, -0.25) is 9.59 Å². The Balaban J connectivity index is 1.84. The topological polar surface area (TPSA) is 52.7 Å². The molecule has 7 heteroatoms. The van der Waals surface area contributed by atoms with Crippen molar-refractivity contribution in [3.05, 3.63) is 71.3 Å². The number of halogens is 2. The molecule has 3 atom stereocenters. The molecule has 1 aliphatic heterocycles. The first-order valence-corrected chi connectivity index (χ1v) is 10.5. The zero-order valence-electron chi connectivity index (χ0n) is 18.1. The van der Waals surface area contributed by atoms with Crippen LogP contribution in [0.1, 0.15) is 42.5 Å². The van der Waals surface area contributed by atoms with Crippen LogP contribution < -0.4 is 5.32 Å². The molecule has 5 nitrogen and oxygen atoms in total. The van der Waals surface area contributed by atoms with Gasteiger partial charge >= 0.3 is 0 Å². The first-order valence-electron chi connectivity index (χ1n) is 10.5. The minimum absolute atomic E-state index is 0.0407. The maximum Gasteiger partial charge on any atom is 0.226 e. The van der Waals surface area contributed by atoms with Gasteiger partial charge in [-0.1, -0.05) is 24.3 Å². The summed E-state index contributed by atoms with van der Waals surface area (Å²) in [6.07, 6.45) is 1.36. The van der Waals surface area contributed by atoms with E-state index in [0.717, 1.165) is 17.7 Å². The molecule has 31 heavy (non-hydrogen) atoms. The summed E-state index contributed by atoms with van der Waals surface area (Å²) < 4.78 is 26.8. The highest BCUT2D eigenvalue weighted by Gasteiger charge is 2.39. The van der Waals surface area contributed by atoms with Crippen molar-refractivity contribution in [3.8, 4) is 0 Å². The molecular weight excluding hydrogens is 400 g/mol. The number of piperidine rings is 1. The quantitative estimate of drug-likeness (QED) is 0.731. The average Bonchev–Trinajstić information content (AvgIpc) is 2.74. The van der Waals surface area contributed by atoms with Crippen molar-refractivity contribution in [2.45, 2.75) is 31.3 Å². The number of likely N-dealkylation sites (tertiary alicyclic amines) is 1. The lowest BCUT2D eigenvalue weighted by Crippen LogP contribution is -2.47. The molecule has 2 amide bonds. The van der Waals surface area contributed by atoms with E-state index in [1.807, 2.05) is 19.0 Å². The summed E-state index contributed by atoms with van der Waals surface area (Å²) in [6, 6.07) is 11.3. The van der Waals surface area contributed by atoms with Gasteiger partial charge in [-0.15, -0.1) is 0 Å². The minimum atomic E-state index is -0.468. The number of amides is 2. The number of nitrogens with zero attached hydrogens (tertiary/aromatic N) is 2. The Morgan fingerprint density at radius 2 is 1.68 bits per heavy atom. The van der Waals surface area contributed by atoms with E-state index < -0.39 is 12.0 Å². The van der Waals surface area contributed by atoms with Crippen LogP contribution in [0.5, 0.6) is 0 Å². The van der Waals surface area contributed by atoms with Crippen molar-refractivity contribution in [1.29, 1.82) is 0 Å². The van der Waals surface area contributed by atoms with Gasteiger partial charge in [-0.2, -0.15) is 0 Å². The Morgan fingerprint density at radius 3 is 2.26 bits per heavy atom. The molecule has 166 valence electrons. The molecule has 1 heterocycles. The number of hydrogen-bond acceptors (Lipinski definition) is 3. The molecule has 1 saturated heterocycles. The third-order valence-electron chi connectivity index (χ3n) is 5.86. The monoisotopic (exact) mass is 429 g/mol. The number of hydrogen-bond donors (Lipinski definition) is 1. The maximum atomic E-state index is 13.4. The van der Waals surface area contributed by atoms with Gasteiger partial charge in [0, 0.05) is 13.5 Å². The zero-order chi connectivity index (χ0) is 22.5. The summed E-state index contributed by atoms with van der Waals surface area (Å²) in [7, 11) is 5.59. The van der Waals surface area contributed by atoms with E-state index >= 15 is 0 Å². The zero-order valence-corrected chi connectivity index (χ0v) is 18.1. The van der Waals surface area contributed by atoms with Crippen molar-refractivity contribution in [1.82, 2.24) is 15.1 Å². The van der Waals surface area contributed by atoms with Crippen LogP contribution in [0.3, 0.4) is 0 Å². The molecule has 0 aromatic heterocycles. The molecule has 0 aliphatic carbocycles. The first kappa shape index (κ1) is 22.9. The van der Waals surface area contributed by atoms with Crippen LogP contribution in [0.4, 0.5) is 8.78 Å². The molecule has 0 spiro atoms. The lowest BCUT2D eigenvalue weighted by Gasteiger charge is -2.39. The molecule has 3 rings (SSSR count). The first-order chi connectivity index (χ1) is 14.8. The van der Waals surface area contributed by atoms with Crippen molar-refractivity contribution < 1.29 is 18.4 Å². The molecule has 1 fully saturated rings. The van der Waals surface area contributed by atoms with Gasteiger partial charge < -0.3 is 15.1 Å². The predicted octanol–water partition coefficient (Wildman–Crippen LogP) is 3.68. The fourth-order valence-electron chi connectivity index (χ4n) is 4.11. The number of nitrogens with one attached hydrogen (secondary N) is 1. The van der Waals surface area contributed by atoms with E-state index in [1.165, 1.54) is 24.3 Å². The predicted molar refractivity (Wildman–Crippen MR) is 115 cm³/mol. The third-order valence-corrected chi connectivity index (χ3v) is 5.86. The van der Waals surface area contributed by atoms with E-state index in [4.69, 9.17) is 0 Å². The Hall–Kier alpha value is -2.80. The molecule has 2 aromatic rings. The second-order valence-electron chi connectivity index (χ2n) is 8.35. The van der Waals surface area contributed by atoms with Gasteiger partial charge in [0.2, 0.25) is 11.8 Å². The molecule has 0 bridgehead atoms. The van der Waals surface area contributed by atoms with Crippen molar-refractivity contribution in [2.24, 2.45) is 5.92 Å². The molecular formula is C24H29F2N3O2. The lowest BCUT2D eigenvalue weighted by molar-refractivity contribution is -0.142. The molecule has 0 saturated carbocycles. The van der Waals surface area contributed by atoms with Gasteiger partial charge in [0.15, 0.2) is 0 Å². The smallest absolute Gasteiger partial charge is 0.226 e. The Kier molecular flexibility index (Phi) is 7.38. The molecule has 1 N–H and O–H groups in total. The van der Waals surface area contributed by atoms with Crippen LogP contribution in [-0.4, -0.2) is 49.3 Å². The highest BCUT2D eigenvalue weighted by atomic mass is 19.1. The normalized spacial score (nSPS) is 20.1. The summed E-state index contributed by atoms with van der Waals surface area (Å²) in [5, 5.41) is 3.12. The number of carbonyl (C=O) groups excluding carboxylic acids is 2. The summed E-state index contributed by atoms with van der Waals surface area (Å²) in [4.78, 5) is 29.3. The van der Waals surface area contributed by atoms with Crippen LogP contribution in [0.2, 0.25) is 0 Å². The third kappa shape index (κ3) is 5.67. The fourth-order valence-corrected chi connectivity index (χ4v) is 4.11. The van der Waals surface area contributed by atoms with Gasteiger partial charge in [0.1, 0.15) is 11.6 Å². The van der Waals surface area contributed by atoms with Crippen LogP contribution >= 0.6 is 0 Å². The van der Waals surface area contributed by atoms with E-state index in [2.05, 4.69) is 5.32 Å².